The van der Waals surface area contributed by atoms with Gasteiger partial charge in [0.1, 0.15) is 22.3 Å². The predicted octanol–water partition coefficient (Wildman–Crippen LogP) is 14.2. The first-order valence-electron chi connectivity index (χ1n) is 19.9. The molecule has 4 fully saturated rings. The molecule has 14 rings (SSSR count). The second-order valence-electron chi connectivity index (χ2n) is 16.9. The Morgan fingerprint density at radius 3 is 1.85 bits per heavy atom. The molecule has 4 bridgehead atoms. The van der Waals surface area contributed by atoms with E-state index in [9.17, 15) is 0 Å². The summed E-state index contributed by atoms with van der Waals surface area (Å²) >= 11 is 0. The highest BCUT2D eigenvalue weighted by atomic mass is 16.3. The van der Waals surface area contributed by atoms with Gasteiger partial charge in [-0.3, -0.25) is 0 Å². The number of benzene rings is 7. The first-order valence-corrected chi connectivity index (χ1v) is 19.9. The van der Waals surface area contributed by atoms with Gasteiger partial charge in [0, 0.05) is 32.5 Å². The molecule has 5 aliphatic rings. The zero-order chi connectivity index (χ0) is 35.1. The number of hydrogen-bond donors (Lipinski definition) is 0. The highest BCUT2D eigenvalue weighted by Gasteiger charge is 2.61. The van der Waals surface area contributed by atoms with Gasteiger partial charge in [0.15, 0.2) is 0 Å². The largest absolute Gasteiger partial charge is 0.456 e. The van der Waals surface area contributed by atoms with Gasteiger partial charge in [0.2, 0.25) is 0 Å². The SMILES string of the molecule is c1ccc2c(c1)-c1cc(-c3ccc4c(c3)oc3c(-c5ccc(-c6ccc7oc8ccccc8c7c6)cc5)cccc34)ccc1C21C2CC3CC(C2)CC1C3. The van der Waals surface area contributed by atoms with Crippen molar-refractivity contribution in [2.24, 2.45) is 23.7 Å². The van der Waals surface area contributed by atoms with Crippen molar-refractivity contribution >= 4 is 43.9 Å². The molecule has 1 spiro atoms. The Bertz CT molecular complexity index is 2980. The average molecular weight is 695 g/mol. The Morgan fingerprint density at radius 2 is 0.981 bits per heavy atom. The fourth-order valence-corrected chi connectivity index (χ4v) is 12.3. The Morgan fingerprint density at radius 1 is 0.370 bits per heavy atom. The minimum absolute atomic E-state index is 0.206. The van der Waals surface area contributed by atoms with Gasteiger partial charge in [0.05, 0.1) is 0 Å². The van der Waals surface area contributed by atoms with E-state index in [0.29, 0.717) is 0 Å². The number of fused-ring (bicyclic) bond motifs is 9. The zero-order valence-electron chi connectivity index (χ0n) is 30.0. The van der Waals surface area contributed by atoms with Gasteiger partial charge < -0.3 is 8.83 Å². The number of furan rings is 2. The summed E-state index contributed by atoms with van der Waals surface area (Å²) in [4.78, 5) is 0. The van der Waals surface area contributed by atoms with Crippen LogP contribution in [0.5, 0.6) is 0 Å². The molecule has 4 saturated carbocycles. The maximum absolute atomic E-state index is 6.79. The van der Waals surface area contributed by atoms with Crippen LogP contribution in [0.15, 0.2) is 154 Å². The molecule has 258 valence electrons. The van der Waals surface area contributed by atoms with Gasteiger partial charge >= 0.3 is 0 Å². The molecule has 0 aliphatic heterocycles. The van der Waals surface area contributed by atoms with Crippen molar-refractivity contribution < 1.29 is 8.83 Å². The molecule has 0 unspecified atom stereocenters. The monoisotopic (exact) mass is 694 g/mol. The zero-order valence-corrected chi connectivity index (χ0v) is 30.0. The van der Waals surface area contributed by atoms with Crippen LogP contribution in [0.2, 0.25) is 0 Å². The minimum atomic E-state index is 0.206. The lowest BCUT2D eigenvalue weighted by atomic mass is 9.43. The average Bonchev–Trinajstić information content (AvgIpc) is 3.87. The third-order valence-corrected chi connectivity index (χ3v) is 14.3. The van der Waals surface area contributed by atoms with Crippen molar-refractivity contribution in [3.05, 3.63) is 157 Å². The molecule has 2 heterocycles. The normalized spacial score (nSPS) is 23.6. The second-order valence-corrected chi connectivity index (χ2v) is 16.9. The number of hydrogen-bond acceptors (Lipinski definition) is 2. The topological polar surface area (TPSA) is 26.3 Å². The fraction of sp³-hybridized carbons (Fsp3) is 0.192. The molecule has 9 aromatic rings. The maximum Gasteiger partial charge on any atom is 0.143 e. The van der Waals surface area contributed by atoms with Crippen molar-refractivity contribution in [2.75, 3.05) is 0 Å². The summed E-state index contributed by atoms with van der Waals surface area (Å²) in [6.45, 7) is 0. The summed E-state index contributed by atoms with van der Waals surface area (Å²) in [5.41, 5.74) is 17.2. The van der Waals surface area contributed by atoms with E-state index in [1.165, 1.54) is 65.5 Å². The predicted molar refractivity (Wildman–Crippen MR) is 221 cm³/mol. The van der Waals surface area contributed by atoms with E-state index in [1.54, 1.807) is 11.1 Å². The molecule has 0 radical (unpaired) electrons. The Labute approximate surface area is 314 Å². The summed E-state index contributed by atoms with van der Waals surface area (Å²) in [6, 6.07) is 53.8. The van der Waals surface area contributed by atoms with Crippen LogP contribution in [0.25, 0.3) is 88.4 Å². The molecule has 2 aromatic heterocycles. The van der Waals surface area contributed by atoms with Crippen molar-refractivity contribution in [1.29, 1.82) is 0 Å². The molecule has 7 aromatic carbocycles. The molecule has 0 N–H and O–H groups in total. The first-order chi connectivity index (χ1) is 26.7. The Kier molecular flexibility index (Phi) is 5.83. The number of para-hydroxylation sites is 2. The third kappa shape index (κ3) is 3.91. The smallest absolute Gasteiger partial charge is 0.143 e. The summed E-state index contributed by atoms with van der Waals surface area (Å²) in [6.07, 6.45) is 7.14. The van der Waals surface area contributed by atoms with E-state index in [2.05, 4.69) is 133 Å². The van der Waals surface area contributed by atoms with E-state index in [4.69, 9.17) is 8.83 Å². The van der Waals surface area contributed by atoms with Gasteiger partial charge in [-0.05, 0) is 142 Å². The Balaban J connectivity index is 0.871. The lowest BCUT2D eigenvalue weighted by Gasteiger charge is -2.61. The van der Waals surface area contributed by atoms with Gasteiger partial charge in [-0.25, -0.2) is 0 Å². The van der Waals surface area contributed by atoms with Crippen LogP contribution < -0.4 is 0 Å². The molecular formula is C52H38O2. The first kappa shape index (κ1) is 29.6. The molecule has 0 saturated heterocycles. The van der Waals surface area contributed by atoms with Crippen molar-refractivity contribution in [3.8, 4) is 44.5 Å². The molecular weight excluding hydrogens is 657 g/mol. The summed E-state index contributed by atoms with van der Waals surface area (Å²) in [5, 5.41) is 4.61. The third-order valence-electron chi connectivity index (χ3n) is 14.3. The molecule has 0 atom stereocenters. The molecule has 0 amide bonds. The molecule has 5 aliphatic carbocycles. The van der Waals surface area contributed by atoms with Gasteiger partial charge in [-0.2, -0.15) is 0 Å². The highest BCUT2D eigenvalue weighted by molar-refractivity contribution is 6.10. The lowest BCUT2D eigenvalue weighted by molar-refractivity contribution is -0.0399. The quantitative estimate of drug-likeness (QED) is 0.184. The second kappa shape index (κ2) is 10.6. The molecule has 2 heteroatoms. The lowest BCUT2D eigenvalue weighted by Crippen LogP contribution is -2.55. The van der Waals surface area contributed by atoms with Gasteiger partial charge in [0.25, 0.3) is 0 Å². The van der Waals surface area contributed by atoms with Crippen LogP contribution in [0.1, 0.15) is 43.2 Å². The maximum atomic E-state index is 6.79. The van der Waals surface area contributed by atoms with E-state index < -0.39 is 0 Å². The van der Waals surface area contributed by atoms with Crippen molar-refractivity contribution in [1.82, 2.24) is 0 Å². The van der Waals surface area contributed by atoms with Crippen molar-refractivity contribution in [2.45, 2.75) is 37.5 Å². The standard InChI is InChI=1S/C52H38O2/c1-3-10-46-40(6-1)44-27-35(17-20-47(44)52(46)37-23-30-22-31(25-37)26-38(52)24-30)36-16-19-42-43-9-5-8-39(51(43)54-50(42)29-36)33-14-12-32(13-15-33)34-18-21-49-45(28-34)41-7-2-4-11-48(41)53-49/h1-21,27-31,37-38H,22-26H2. The van der Waals surface area contributed by atoms with Crippen LogP contribution in [-0.4, -0.2) is 0 Å². The summed E-state index contributed by atoms with van der Waals surface area (Å²) in [5.74, 6) is 3.47. The van der Waals surface area contributed by atoms with Crippen LogP contribution in [-0.2, 0) is 5.41 Å². The van der Waals surface area contributed by atoms with Crippen LogP contribution in [0.4, 0.5) is 0 Å². The van der Waals surface area contributed by atoms with E-state index in [0.717, 1.165) is 78.7 Å². The van der Waals surface area contributed by atoms with Crippen molar-refractivity contribution in [3.63, 3.8) is 0 Å². The van der Waals surface area contributed by atoms with Crippen LogP contribution in [0, 0.1) is 23.7 Å². The van der Waals surface area contributed by atoms with E-state index in [-0.39, 0.29) is 5.41 Å². The van der Waals surface area contributed by atoms with E-state index >= 15 is 0 Å². The summed E-state index contributed by atoms with van der Waals surface area (Å²) in [7, 11) is 0. The van der Waals surface area contributed by atoms with Gasteiger partial charge in [-0.15, -0.1) is 0 Å². The van der Waals surface area contributed by atoms with Crippen LogP contribution >= 0.6 is 0 Å². The summed E-state index contributed by atoms with van der Waals surface area (Å²) < 4.78 is 12.9. The van der Waals surface area contributed by atoms with Crippen LogP contribution in [0.3, 0.4) is 0 Å². The Hall–Kier alpha value is -5.86. The molecule has 54 heavy (non-hydrogen) atoms. The fourth-order valence-electron chi connectivity index (χ4n) is 12.3. The van der Waals surface area contributed by atoms with E-state index in [1.807, 2.05) is 12.1 Å². The minimum Gasteiger partial charge on any atom is -0.456 e. The highest BCUT2D eigenvalue weighted by Crippen LogP contribution is 2.69. The molecule has 2 nitrogen and oxygen atoms in total. The number of rotatable bonds is 3. The van der Waals surface area contributed by atoms with Gasteiger partial charge in [-0.1, -0.05) is 109 Å².